The molecule has 0 aromatic heterocycles. The van der Waals surface area contributed by atoms with E-state index in [9.17, 15) is 4.39 Å². The van der Waals surface area contributed by atoms with Gasteiger partial charge >= 0.3 is 0 Å². The van der Waals surface area contributed by atoms with Gasteiger partial charge in [0.15, 0.2) is 0 Å². The number of rotatable bonds is 5. The summed E-state index contributed by atoms with van der Waals surface area (Å²) in [6, 6.07) is 9.90. The molecule has 0 aliphatic carbocycles. The van der Waals surface area contributed by atoms with Crippen molar-refractivity contribution in [2.75, 3.05) is 26.5 Å². The standard InChI is InChI=1S/C12H15FO2/c13-7-12(9-15-10-12)8-14-6-11-4-2-1-3-5-11/h1-5H,6-10H2. The Morgan fingerprint density at radius 1 is 1.27 bits per heavy atom. The van der Waals surface area contributed by atoms with Gasteiger partial charge in [-0.15, -0.1) is 0 Å². The highest BCUT2D eigenvalue weighted by molar-refractivity contribution is 5.13. The number of hydrogen-bond donors (Lipinski definition) is 0. The second-order valence-electron chi connectivity index (χ2n) is 4.10. The summed E-state index contributed by atoms with van der Waals surface area (Å²) >= 11 is 0. The maximum atomic E-state index is 12.7. The molecule has 1 aromatic carbocycles. The van der Waals surface area contributed by atoms with Gasteiger partial charge in [0.1, 0.15) is 6.67 Å². The Kier molecular flexibility index (Phi) is 3.34. The average molecular weight is 210 g/mol. The molecule has 2 nitrogen and oxygen atoms in total. The second kappa shape index (κ2) is 4.73. The number of alkyl halides is 1. The summed E-state index contributed by atoms with van der Waals surface area (Å²) in [5, 5.41) is 0. The van der Waals surface area contributed by atoms with Crippen LogP contribution >= 0.6 is 0 Å². The van der Waals surface area contributed by atoms with Crippen molar-refractivity contribution in [3.63, 3.8) is 0 Å². The van der Waals surface area contributed by atoms with Gasteiger partial charge in [0, 0.05) is 0 Å². The number of benzene rings is 1. The predicted octanol–water partition coefficient (Wildman–Crippen LogP) is 2.19. The Labute approximate surface area is 89.0 Å². The van der Waals surface area contributed by atoms with Gasteiger partial charge in [0.05, 0.1) is 31.8 Å². The van der Waals surface area contributed by atoms with Crippen LogP contribution in [0.1, 0.15) is 5.56 Å². The van der Waals surface area contributed by atoms with Crippen LogP contribution in [0.15, 0.2) is 30.3 Å². The summed E-state index contributed by atoms with van der Waals surface area (Å²) in [5.74, 6) is 0. The fourth-order valence-electron chi connectivity index (χ4n) is 1.55. The molecule has 0 saturated carbocycles. The Balaban J connectivity index is 1.75. The number of ether oxygens (including phenoxy) is 2. The fourth-order valence-corrected chi connectivity index (χ4v) is 1.55. The smallest absolute Gasteiger partial charge is 0.102 e. The van der Waals surface area contributed by atoms with Gasteiger partial charge < -0.3 is 9.47 Å². The van der Waals surface area contributed by atoms with E-state index in [4.69, 9.17) is 9.47 Å². The fraction of sp³-hybridized carbons (Fsp3) is 0.500. The first-order valence-electron chi connectivity index (χ1n) is 5.10. The van der Waals surface area contributed by atoms with Crippen LogP contribution in [0.4, 0.5) is 4.39 Å². The quantitative estimate of drug-likeness (QED) is 0.741. The monoisotopic (exact) mass is 210 g/mol. The van der Waals surface area contributed by atoms with E-state index >= 15 is 0 Å². The highest BCUT2D eigenvalue weighted by Gasteiger charge is 2.39. The van der Waals surface area contributed by atoms with E-state index in [0.29, 0.717) is 26.4 Å². The lowest BCUT2D eigenvalue weighted by Crippen LogP contribution is -2.48. The van der Waals surface area contributed by atoms with Crippen molar-refractivity contribution in [1.82, 2.24) is 0 Å². The van der Waals surface area contributed by atoms with Crippen molar-refractivity contribution in [3.05, 3.63) is 35.9 Å². The molecule has 1 aliphatic heterocycles. The lowest BCUT2D eigenvalue weighted by atomic mass is 9.89. The average Bonchev–Trinajstić information content (AvgIpc) is 2.24. The molecule has 0 atom stereocenters. The molecule has 1 fully saturated rings. The van der Waals surface area contributed by atoms with Crippen LogP contribution in [0.2, 0.25) is 0 Å². The van der Waals surface area contributed by atoms with E-state index in [2.05, 4.69) is 0 Å². The third kappa shape index (κ3) is 2.55. The van der Waals surface area contributed by atoms with Crippen molar-refractivity contribution in [3.8, 4) is 0 Å². The minimum Gasteiger partial charge on any atom is -0.380 e. The summed E-state index contributed by atoms with van der Waals surface area (Å²) in [4.78, 5) is 0. The van der Waals surface area contributed by atoms with Gasteiger partial charge in [-0.1, -0.05) is 30.3 Å². The van der Waals surface area contributed by atoms with E-state index in [1.165, 1.54) is 0 Å². The van der Waals surface area contributed by atoms with Gasteiger partial charge in [-0.05, 0) is 5.56 Å². The minimum absolute atomic E-state index is 0.359. The molecule has 0 unspecified atom stereocenters. The van der Waals surface area contributed by atoms with Gasteiger partial charge in [-0.25, -0.2) is 0 Å². The van der Waals surface area contributed by atoms with Crippen molar-refractivity contribution in [1.29, 1.82) is 0 Å². The molecule has 0 N–H and O–H groups in total. The van der Waals surface area contributed by atoms with Crippen LogP contribution in [-0.4, -0.2) is 26.5 Å². The minimum atomic E-state index is -0.366. The molecule has 1 saturated heterocycles. The summed E-state index contributed by atoms with van der Waals surface area (Å²) < 4.78 is 23.2. The number of hydrogen-bond acceptors (Lipinski definition) is 2. The third-order valence-electron chi connectivity index (χ3n) is 2.62. The lowest BCUT2D eigenvalue weighted by Gasteiger charge is -2.38. The summed E-state index contributed by atoms with van der Waals surface area (Å²) in [6.45, 7) is 1.60. The summed E-state index contributed by atoms with van der Waals surface area (Å²) in [6.07, 6.45) is 0. The molecule has 1 heterocycles. The maximum absolute atomic E-state index is 12.7. The van der Waals surface area contributed by atoms with E-state index in [0.717, 1.165) is 5.56 Å². The zero-order valence-corrected chi connectivity index (χ0v) is 8.62. The highest BCUT2D eigenvalue weighted by Crippen LogP contribution is 2.28. The van der Waals surface area contributed by atoms with Crippen LogP contribution in [0.3, 0.4) is 0 Å². The predicted molar refractivity (Wildman–Crippen MR) is 55.3 cm³/mol. The molecule has 0 spiro atoms. The van der Waals surface area contributed by atoms with E-state index in [1.54, 1.807) is 0 Å². The Hall–Kier alpha value is -0.930. The van der Waals surface area contributed by atoms with Crippen LogP contribution < -0.4 is 0 Å². The molecule has 1 aliphatic rings. The molecule has 0 radical (unpaired) electrons. The molecular weight excluding hydrogens is 195 g/mol. The molecule has 0 amide bonds. The first kappa shape index (κ1) is 10.6. The molecule has 15 heavy (non-hydrogen) atoms. The van der Waals surface area contributed by atoms with Gasteiger partial charge in [0.25, 0.3) is 0 Å². The maximum Gasteiger partial charge on any atom is 0.102 e. The topological polar surface area (TPSA) is 18.5 Å². The van der Waals surface area contributed by atoms with Crippen LogP contribution in [0.25, 0.3) is 0 Å². The van der Waals surface area contributed by atoms with Crippen molar-refractivity contribution < 1.29 is 13.9 Å². The number of halogens is 1. The van der Waals surface area contributed by atoms with E-state index < -0.39 is 0 Å². The Bertz CT molecular complexity index is 290. The zero-order valence-electron chi connectivity index (χ0n) is 8.62. The molecule has 1 aromatic rings. The van der Waals surface area contributed by atoms with Crippen LogP contribution in [0, 0.1) is 5.41 Å². The molecule has 82 valence electrons. The van der Waals surface area contributed by atoms with Gasteiger partial charge in [-0.3, -0.25) is 4.39 Å². The van der Waals surface area contributed by atoms with Crippen molar-refractivity contribution >= 4 is 0 Å². The largest absolute Gasteiger partial charge is 0.380 e. The first-order valence-corrected chi connectivity index (χ1v) is 5.10. The van der Waals surface area contributed by atoms with E-state index in [-0.39, 0.29) is 12.1 Å². The lowest BCUT2D eigenvalue weighted by molar-refractivity contribution is -0.159. The summed E-state index contributed by atoms with van der Waals surface area (Å²) in [5.41, 5.74) is 0.751. The van der Waals surface area contributed by atoms with E-state index in [1.807, 2.05) is 30.3 Å². The molecule has 3 heteroatoms. The van der Waals surface area contributed by atoms with Gasteiger partial charge in [0.2, 0.25) is 0 Å². The SMILES string of the molecule is FCC1(COCc2ccccc2)COC1. The normalized spacial score (nSPS) is 18.5. The molecule has 0 bridgehead atoms. The zero-order chi connectivity index (χ0) is 10.6. The highest BCUT2D eigenvalue weighted by atomic mass is 19.1. The van der Waals surface area contributed by atoms with Crippen molar-refractivity contribution in [2.24, 2.45) is 5.41 Å². The molecular formula is C12H15FO2. The van der Waals surface area contributed by atoms with Crippen LogP contribution in [0.5, 0.6) is 0 Å². The first-order chi connectivity index (χ1) is 7.35. The second-order valence-corrected chi connectivity index (χ2v) is 4.10. The summed E-state index contributed by atoms with van der Waals surface area (Å²) in [7, 11) is 0. The Morgan fingerprint density at radius 3 is 2.53 bits per heavy atom. The van der Waals surface area contributed by atoms with Crippen molar-refractivity contribution in [2.45, 2.75) is 6.61 Å². The van der Waals surface area contributed by atoms with Gasteiger partial charge in [-0.2, -0.15) is 0 Å². The third-order valence-corrected chi connectivity index (χ3v) is 2.62. The molecule has 2 rings (SSSR count). The van der Waals surface area contributed by atoms with Crippen LogP contribution in [-0.2, 0) is 16.1 Å². The Morgan fingerprint density at radius 2 is 2.00 bits per heavy atom.